The molecule has 1 aromatic carbocycles. The van der Waals surface area contributed by atoms with Crippen LogP contribution in [-0.4, -0.2) is 64.6 Å². The average Bonchev–Trinajstić information content (AvgIpc) is 3.80. The van der Waals surface area contributed by atoms with E-state index in [0.29, 0.717) is 24.7 Å². The Morgan fingerprint density at radius 1 is 0.773 bits per heavy atom. The molecule has 0 saturated carbocycles. The van der Waals surface area contributed by atoms with E-state index >= 15 is 0 Å². The summed E-state index contributed by atoms with van der Waals surface area (Å²) in [7, 11) is 0. The van der Waals surface area contributed by atoms with E-state index in [9.17, 15) is 9.59 Å². The Bertz CT molecular complexity index is 1650. The quantitative estimate of drug-likeness (QED) is 0.188. The van der Waals surface area contributed by atoms with Gasteiger partial charge in [-0.2, -0.15) is 0 Å². The number of carbonyl (C=O) groups is 2. The number of hydrogen-bond acceptors (Lipinski definition) is 8. The van der Waals surface area contributed by atoms with Gasteiger partial charge in [0.05, 0.1) is 56.3 Å². The summed E-state index contributed by atoms with van der Waals surface area (Å²) < 4.78 is 2.12. The lowest BCUT2D eigenvalue weighted by atomic mass is 10.1. The summed E-state index contributed by atoms with van der Waals surface area (Å²) in [5.74, 6) is 2.76. The van der Waals surface area contributed by atoms with Crippen LogP contribution in [0.4, 0.5) is 0 Å². The van der Waals surface area contributed by atoms with Gasteiger partial charge in [0.25, 0.3) is 0 Å². The van der Waals surface area contributed by atoms with Gasteiger partial charge in [0.2, 0.25) is 11.8 Å². The highest BCUT2D eigenvalue weighted by Crippen LogP contribution is 2.38. The second kappa shape index (κ2) is 11.7. The fraction of sp³-hybridized carbons (Fsp3) is 0.500. The number of H-pyrrole nitrogens is 2. The number of fused-ring (bicyclic) bond motifs is 2. The van der Waals surface area contributed by atoms with Crippen LogP contribution in [0, 0.1) is 11.8 Å². The number of hydrogen-bond donors (Lipinski definition) is 2. The van der Waals surface area contributed by atoms with Gasteiger partial charge < -0.3 is 19.8 Å². The van der Waals surface area contributed by atoms with Crippen molar-refractivity contribution < 1.29 is 9.59 Å². The number of amides is 2. The number of nitrogens with zero attached hydrogens (tertiary/aromatic N) is 6. The van der Waals surface area contributed by atoms with Crippen molar-refractivity contribution in [1.82, 2.24) is 39.7 Å². The van der Waals surface area contributed by atoms with E-state index in [0.717, 1.165) is 92.3 Å². The van der Waals surface area contributed by atoms with Gasteiger partial charge in [-0.3, -0.25) is 9.59 Å². The van der Waals surface area contributed by atoms with Crippen LogP contribution in [0.25, 0.3) is 41.8 Å². The van der Waals surface area contributed by atoms with E-state index in [-0.39, 0.29) is 23.9 Å². The Hall–Kier alpha value is -3.64. The molecule has 2 aliphatic rings. The van der Waals surface area contributed by atoms with Crippen LogP contribution in [0.2, 0.25) is 0 Å². The fourth-order valence-corrected chi connectivity index (χ4v) is 8.33. The highest BCUT2D eigenvalue weighted by Gasteiger charge is 2.33. The number of rotatable bonds is 8. The first-order valence-corrected chi connectivity index (χ1v) is 17.3. The van der Waals surface area contributed by atoms with Crippen LogP contribution in [0.1, 0.15) is 90.0 Å². The van der Waals surface area contributed by atoms with Crippen LogP contribution in [0.3, 0.4) is 0 Å². The molecule has 2 unspecified atom stereocenters. The Labute approximate surface area is 264 Å². The van der Waals surface area contributed by atoms with E-state index in [4.69, 9.17) is 9.97 Å². The lowest BCUT2D eigenvalue weighted by molar-refractivity contribution is -0.133. The van der Waals surface area contributed by atoms with Crippen LogP contribution in [0.15, 0.2) is 24.5 Å². The second-order valence-electron chi connectivity index (χ2n) is 12.9. The Morgan fingerprint density at radius 2 is 1.20 bits per heavy atom. The molecule has 2 aliphatic heterocycles. The predicted octanol–water partition coefficient (Wildman–Crippen LogP) is 7.11. The van der Waals surface area contributed by atoms with Crippen LogP contribution < -0.4 is 0 Å². The fourth-order valence-electron chi connectivity index (χ4n) is 6.44. The molecule has 2 amide bonds. The minimum atomic E-state index is -0.00222. The van der Waals surface area contributed by atoms with Gasteiger partial charge in [-0.15, -0.1) is 22.7 Å². The molecule has 0 bridgehead atoms. The Morgan fingerprint density at radius 3 is 1.61 bits per heavy atom. The third-order valence-electron chi connectivity index (χ3n) is 8.49. The molecule has 0 aliphatic carbocycles. The van der Waals surface area contributed by atoms with Crippen LogP contribution >= 0.6 is 22.7 Å². The molecule has 2 fully saturated rings. The maximum absolute atomic E-state index is 12.8. The molecule has 230 valence electrons. The largest absolute Gasteiger partial charge is 0.338 e. The van der Waals surface area contributed by atoms with Crippen LogP contribution in [-0.2, 0) is 9.59 Å². The summed E-state index contributed by atoms with van der Waals surface area (Å²) in [5.41, 5.74) is 3.60. The average molecular weight is 631 g/mol. The number of benzene rings is 1. The van der Waals surface area contributed by atoms with Gasteiger partial charge in [-0.1, -0.05) is 27.7 Å². The van der Waals surface area contributed by atoms with E-state index in [1.165, 1.54) is 0 Å². The molecule has 2 N–H and O–H groups in total. The number of likely N-dealkylation sites (tertiary alicyclic amines) is 2. The normalized spacial score (nSPS) is 19.0. The standard InChI is InChI=1S/C32H38N8O2S2/c1-17(2)11-27(41)39-9-5-7-23(39)29-33-15-21(35-29)31-37-19-13-26-20(14-25(19)43-31)38-32(44-26)22-16-34-30(36-22)24-8-6-10-40(24)28(42)12-18(3)4/h13-18,23-24H,5-12H2,1-4H3,(H,33,35)(H,34,36). The Kier molecular flexibility index (Phi) is 7.74. The molecule has 2 atom stereocenters. The van der Waals surface area contributed by atoms with Crippen molar-refractivity contribution in [2.24, 2.45) is 11.8 Å². The summed E-state index contributed by atoms with van der Waals surface area (Å²) in [6.45, 7) is 9.90. The summed E-state index contributed by atoms with van der Waals surface area (Å²) in [4.78, 5) is 55.8. The maximum atomic E-state index is 12.8. The van der Waals surface area contributed by atoms with Crippen molar-refractivity contribution in [3.8, 4) is 21.4 Å². The number of aromatic nitrogens is 6. The summed E-state index contributed by atoms with van der Waals surface area (Å²) in [6, 6.07) is 4.20. The van der Waals surface area contributed by atoms with Gasteiger partial charge in [-0.25, -0.2) is 19.9 Å². The van der Waals surface area contributed by atoms with Crippen molar-refractivity contribution in [2.45, 2.75) is 78.3 Å². The maximum Gasteiger partial charge on any atom is 0.223 e. The Balaban J connectivity index is 1.10. The van der Waals surface area contributed by atoms with E-state index in [2.05, 4.69) is 59.8 Å². The summed E-state index contributed by atoms with van der Waals surface area (Å²) >= 11 is 3.23. The highest BCUT2D eigenvalue weighted by molar-refractivity contribution is 7.23. The van der Waals surface area contributed by atoms with Crippen molar-refractivity contribution in [2.75, 3.05) is 13.1 Å². The van der Waals surface area contributed by atoms with Crippen molar-refractivity contribution >= 4 is 54.9 Å². The molecule has 10 nitrogen and oxygen atoms in total. The molecule has 4 aromatic heterocycles. The number of thiazole rings is 2. The van der Waals surface area contributed by atoms with Gasteiger partial charge in [0.1, 0.15) is 21.7 Å². The first kappa shape index (κ1) is 29.1. The number of aromatic amines is 2. The first-order chi connectivity index (χ1) is 21.2. The molecule has 7 rings (SSSR count). The summed E-state index contributed by atoms with van der Waals surface area (Å²) in [5, 5.41) is 1.75. The highest BCUT2D eigenvalue weighted by atomic mass is 32.1. The van der Waals surface area contributed by atoms with Gasteiger partial charge in [0.15, 0.2) is 0 Å². The summed E-state index contributed by atoms with van der Waals surface area (Å²) in [6.07, 6.45) is 8.65. The number of carbonyl (C=O) groups excluding carboxylic acids is 2. The van der Waals surface area contributed by atoms with Gasteiger partial charge in [0, 0.05) is 25.9 Å². The molecular formula is C32H38N8O2S2. The minimum Gasteiger partial charge on any atom is -0.338 e. The minimum absolute atomic E-state index is 0.00222. The molecule has 2 saturated heterocycles. The van der Waals surface area contributed by atoms with E-state index in [1.807, 2.05) is 22.2 Å². The topological polar surface area (TPSA) is 124 Å². The molecule has 5 aromatic rings. The zero-order valence-corrected chi connectivity index (χ0v) is 27.2. The lowest BCUT2D eigenvalue weighted by Crippen LogP contribution is -2.31. The monoisotopic (exact) mass is 630 g/mol. The third-order valence-corrected chi connectivity index (χ3v) is 10.6. The van der Waals surface area contributed by atoms with Crippen LogP contribution in [0.5, 0.6) is 0 Å². The van der Waals surface area contributed by atoms with Crippen molar-refractivity contribution in [3.05, 3.63) is 36.2 Å². The third kappa shape index (κ3) is 5.53. The molecule has 44 heavy (non-hydrogen) atoms. The molecule has 0 radical (unpaired) electrons. The number of nitrogens with one attached hydrogen (secondary N) is 2. The predicted molar refractivity (Wildman–Crippen MR) is 174 cm³/mol. The van der Waals surface area contributed by atoms with Gasteiger partial charge >= 0.3 is 0 Å². The van der Waals surface area contributed by atoms with Crippen molar-refractivity contribution in [3.63, 3.8) is 0 Å². The number of imidazole rings is 2. The SMILES string of the molecule is CC(C)CC(=O)N1CCCC1c1ncc(-c2nc3cc4sc(-c5cnc(C6CCCN6C(=O)CC(C)C)[nH]5)nc4cc3s2)[nH]1. The second-order valence-corrected chi connectivity index (χ2v) is 14.9. The molecule has 0 spiro atoms. The molecule has 6 heterocycles. The molecular weight excluding hydrogens is 593 g/mol. The smallest absolute Gasteiger partial charge is 0.223 e. The lowest BCUT2D eigenvalue weighted by Gasteiger charge is -2.24. The van der Waals surface area contributed by atoms with E-state index < -0.39 is 0 Å². The van der Waals surface area contributed by atoms with E-state index in [1.54, 1.807) is 22.7 Å². The molecule has 12 heteroatoms. The zero-order valence-electron chi connectivity index (χ0n) is 25.6. The first-order valence-electron chi connectivity index (χ1n) is 15.6. The van der Waals surface area contributed by atoms with Crippen molar-refractivity contribution in [1.29, 1.82) is 0 Å². The zero-order chi connectivity index (χ0) is 30.5. The van der Waals surface area contributed by atoms with Gasteiger partial charge in [-0.05, 0) is 49.7 Å².